The molecule has 0 amide bonds. The van der Waals surface area contributed by atoms with Crippen molar-refractivity contribution in [3.63, 3.8) is 0 Å². The normalized spacial score (nSPS) is 19.7. The summed E-state index contributed by atoms with van der Waals surface area (Å²) in [5.41, 5.74) is 2.03. The molecule has 0 spiro atoms. The Hall–Kier alpha value is -0.970. The molecule has 1 aromatic rings. The Morgan fingerprint density at radius 3 is 3.06 bits per heavy atom. The van der Waals surface area contributed by atoms with Gasteiger partial charge in [-0.25, -0.2) is 0 Å². The molecule has 0 radical (unpaired) electrons. The summed E-state index contributed by atoms with van der Waals surface area (Å²) in [4.78, 5) is 4.53. The first-order valence-electron chi connectivity index (χ1n) is 6.01. The van der Waals surface area contributed by atoms with Crippen LogP contribution in [0.1, 0.15) is 17.8 Å². The molecule has 1 unspecified atom stereocenters. The van der Waals surface area contributed by atoms with Crippen LogP contribution in [0.15, 0.2) is 18.2 Å². The third kappa shape index (κ3) is 4.07. The third-order valence-corrected chi connectivity index (χ3v) is 2.78. The molecule has 1 aromatic heterocycles. The van der Waals surface area contributed by atoms with E-state index in [1.807, 2.05) is 18.2 Å². The van der Waals surface area contributed by atoms with Gasteiger partial charge in [-0.3, -0.25) is 4.98 Å². The fourth-order valence-electron chi connectivity index (χ4n) is 1.80. The van der Waals surface area contributed by atoms with Crippen molar-refractivity contribution in [2.45, 2.75) is 25.6 Å². The van der Waals surface area contributed by atoms with Crippen molar-refractivity contribution in [1.29, 1.82) is 0 Å². The highest BCUT2D eigenvalue weighted by Crippen LogP contribution is 2.11. The Morgan fingerprint density at radius 1 is 1.41 bits per heavy atom. The first kappa shape index (κ1) is 12.5. The van der Waals surface area contributed by atoms with Crippen molar-refractivity contribution in [1.82, 2.24) is 4.98 Å². The smallest absolute Gasteiger partial charge is 0.0892 e. The van der Waals surface area contributed by atoms with Crippen molar-refractivity contribution in [2.75, 3.05) is 26.9 Å². The van der Waals surface area contributed by atoms with Crippen molar-refractivity contribution >= 4 is 0 Å². The van der Waals surface area contributed by atoms with Gasteiger partial charge >= 0.3 is 0 Å². The molecular weight excluding hydrogens is 218 g/mol. The highest BCUT2D eigenvalue weighted by Gasteiger charge is 2.15. The summed E-state index contributed by atoms with van der Waals surface area (Å²) in [6, 6.07) is 6.02. The van der Waals surface area contributed by atoms with Crippen molar-refractivity contribution in [3.8, 4) is 0 Å². The minimum Gasteiger partial charge on any atom is -0.384 e. The number of hydrogen-bond acceptors (Lipinski definition) is 4. The van der Waals surface area contributed by atoms with E-state index in [0.29, 0.717) is 19.8 Å². The third-order valence-electron chi connectivity index (χ3n) is 2.78. The summed E-state index contributed by atoms with van der Waals surface area (Å²) in [5.74, 6) is 0. The fraction of sp³-hybridized carbons (Fsp3) is 0.615. The first-order chi connectivity index (χ1) is 8.38. The Morgan fingerprint density at radius 2 is 2.29 bits per heavy atom. The molecule has 4 heteroatoms. The maximum Gasteiger partial charge on any atom is 0.0892 e. The largest absolute Gasteiger partial charge is 0.384 e. The van der Waals surface area contributed by atoms with Gasteiger partial charge in [0.05, 0.1) is 31.6 Å². The lowest BCUT2D eigenvalue weighted by Gasteiger charge is -2.10. The summed E-state index contributed by atoms with van der Waals surface area (Å²) in [6.45, 7) is 2.79. The molecule has 0 bridgehead atoms. The summed E-state index contributed by atoms with van der Waals surface area (Å²) < 4.78 is 16.0. The van der Waals surface area contributed by atoms with Crippen LogP contribution >= 0.6 is 0 Å². The molecule has 0 N–H and O–H groups in total. The van der Waals surface area contributed by atoms with E-state index in [9.17, 15) is 0 Å². The second-order valence-electron chi connectivity index (χ2n) is 4.16. The van der Waals surface area contributed by atoms with E-state index in [-0.39, 0.29) is 6.10 Å². The maximum atomic E-state index is 5.73. The molecule has 1 aliphatic rings. The predicted octanol–water partition coefficient (Wildman–Crippen LogP) is 1.58. The standard InChI is InChI=1S/C13H19NO3/c1-15-7-5-11-3-2-4-12(14-11)9-17-13-6-8-16-10-13/h2-4,13H,5-10H2,1H3. The molecule has 1 saturated heterocycles. The van der Waals surface area contributed by atoms with Crippen LogP contribution in [0.5, 0.6) is 0 Å². The minimum atomic E-state index is 0.236. The molecule has 0 saturated carbocycles. The first-order valence-corrected chi connectivity index (χ1v) is 6.01. The number of pyridine rings is 1. The van der Waals surface area contributed by atoms with Gasteiger partial charge < -0.3 is 14.2 Å². The number of nitrogens with zero attached hydrogens (tertiary/aromatic N) is 1. The Bertz CT molecular complexity index is 337. The molecule has 4 nitrogen and oxygen atoms in total. The van der Waals surface area contributed by atoms with E-state index >= 15 is 0 Å². The zero-order valence-corrected chi connectivity index (χ0v) is 10.2. The fourth-order valence-corrected chi connectivity index (χ4v) is 1.80. The van der Waals surface area contributed by atoms with Crippen LogP contribution in [0, 0.1) is 0 Å². The number of methoxy groups -OCH3 is 1. The second kappa shape index (κ2) is 6.69. The van der Waals surface area contributed by atoms with Crippen LogP contribution in [0.25, 0.3) is 0 Å². The number of hydrogen-bond donors (Lipinski definition) is 0. The Labute approximate surface area is 102 Å². The van der Waals surface area contributed by atoms with E-state index in [2.05, 4.69) is 4.98 Å². The topological polar surface area (TPSA) is 40.6 Å². The summed E-state index contributed by atoms with van der Waals surface area (Å²) >= 11 is 0. The van der Waals surface area contributed by atoms with Gasteiger partial charge in [0.15, 0.2) is 0 Å². The van der Waals surface area contributed by atoms with E-state index in [0.717, 1.165) is 30.8 Å². The number of rotatable bonds is 6. The number of aromatic nitrogens is 1. The van der Waals surface area contributed by atoms with Gasteiger partial charge in [-0.1, -0.05) is 6.07 Å². The number of ether oxygens (including phenoxy) is 3. The molecule has 0 aromatic carbocycles. The van der Waals surface area contributed by atoms with E-state index < -0.39 is 0 Å². The zero-order valence-electron chi connectivity index (χ0n) is 10.2. The van der Waals surface area contributed by atoms with Crippen LogP contribution in [0.2, 0.25) is 0 Å². The van der Waals surface area contributed by atoms with Gasteiger partial charge in [-0.2, -0.15) is 0 Å². The summed E-state index contributed by atoms with van der Waals surface area (Å²) in [6.07, 6.45) is 2.07. The van der Waals surface area contributed by atoms with Gasteiger partial charge in [-0.05, 0) is 18.6 Å². The minimum absolute atomic E-state index is 0.236. The maximum absolute atomic E-state index is 5.73. The molecular formula is C13H19NO3. The quantitative estimate of drug-likeness (QED) is 0.753. The second-order valence-corrected chi connectivity index (χ2v) is 4.16. The van der Waals surface area contributed by atoms with Crippen LogP contribution in [0.4, 0.5) is 0 Å². The highest BCUT2D eigenvalue weighted by molar-refractivity contribution is 5.10. The summed E-state index contributed by atoms with van der Waals surface area (Å²) in [5, 5.41) is 0. The zero-order chi connectivity index (χ0) is 11.9. The molecule has 1 fully saturated rings. The molecule has 94 valence electrons. The lowest BCUT2D eigenvalue weighted by molar-refractivity contribution is 0.0300. The Kier molecular flexibility index (Phi) is 4.91. The molecule has 2 rings (SSSR count). The Balaban J connectivity index is 1.82. The molecule has 2 heterocycles. The van der Waals surface area contributed by atoms with Crippen LogP contribution < -0.4 is 0 Å². The van der Waals surface area contributed by atoms with Crippen molar-refractivity contribution in [2.24, 2.45) is 0 Å². The predicted molar refractivity (Wildman–Crippen MR) is 63.8 cm³/mol. The highest BCUT2D eigenvalue weighted by atomic mass is 16.5. The van der Waals surface area contributed by atoms with Gasteiger partial charge in [-0.15, -0.1) is 0 Å². The molecule has 0 aliphatic carbocycles. The van der Waals surface area contributed by atoms with E-state index in [1.165, 1.54) is 0 Å². The van der Waals surface area contributed by atoms with E-state index in [4.69, 9.17) is 14.2 Å². The lowest BCUT2D eigenvalue weighted by Crippen LogP contribution is -2.12. The van der Waals surface area contributed by atoms with Gasteiger partial charge in [0, 0.05) is 25.8 Å². The van der Waals surface area contributed by atoms with E-state index in [1.54, 1.807) is 7.11 Å². The van der Waals surface area contributed by atoms with Gasteiger partial charge in [0.1, 0.15) is 0 Å². The van der Waals surface area contributed by atoms with Crippen molar-refractivity contribution < 1.29 is 14.2 Å². The lowest BCUT2D eigenvalue weighted by atomic mass is 10.2. The molecule has 17 heavy (non-hydrogen) atoms. The van der Waals surface area contributed by atoms with Crippen LogP contribution in [-0.2, 0) is 27.2 Å². The monoisotopic (exact) mass is 237 g/mol. The van der Waals surface area contributed by atoms with Gasteiger partial charge in [0.25, 0.3) is 0 Å². The van der Waals surface area contributed by atoms with Gasteiger partial charge in [0.2, 0.25) is 0 Å². The SMILES string of the molecule is COCCc1cccc(COC2CCOC2)n1. The average Bonchev–Trinajstić information content (AvgIpc) is 2.87. The molecule has 1 aliphatic heterocycles. The summed E-state index contributed by atoms with van der Waals surface area (Å²) in [7, 11) is 1.70. The van der Waals surface area contributed by atoms with Crippen LogP contribution in [-0.4, -0.2) is 38.0 Å². The average molecular weight is 237 g/mol. The molecule has 1 atom stereocenters. The van der Waals surface area contributed by atoms with Crippen LogP contribution in [0.3, 0.4) is 0 Å². The van der Waals surface area contributed by atoms with Crippen molar-refractivity contribution in [3.05, 3.63) is 29.6 Å².